The lowest BCUT2D eigenvalue weighted by Crippen LogP contribution is -2.19. The van der Waals surface area contributed by atoms with Gasteiger partial charge in [0.1, 0.15) is 0 Å². The lowest BCUT2D eigenvalue weighted by atomic mass is 10.2. The van der Waals surface area contributed by atoms with Gasteiger partial charge in [0, 0.05) is 13.7 Å². The van der Waals surface area contributed by atoms with Gasteiger partial charge >= 0.3 is 0 Å². The summed E-state index contributed by atoms with van der Waals surface area (Å²) >= 11 is 0. The maximum Gasteiger partial charge on any atom is 0.0543 e. The van der Waals surface area contributed by atoms with Crippen molar-refractivity contribution < 1.29 is 9.84 Å². The van der Waals surface area contributed by atoms with Crippen molar-refractivity contribution in [2.24, 2.45) is 0 Å². The molecule has 2 N–H and O–H groups in total. The van der Waals surface area contributed by atoms with Gasteiger partial charge in [0.2, 0.25) is 0 Å². The van der Waals surface area contributed by atoms with Crippen LogP contribution in [0.1, 0.15) is 26.2 Å². The molecule has 0 saturated carbocycles. The second-order valence-electron chi connectivity index (χ2n) is 3.02. The average molecular weight is 175 g/mol. The highest BCUT2D eigenvalue weighted by atomic mass is 16.5. The number of nitrogens with one attached hydrogen (secondary N) is 1. The van der Waals surface area contributed by atoms with Gasteiger partial charge in [0.25, 0.3) is 0 Å². The van der Waals surface area contributed by atoms with E-state index in [9.17, 15) is 0 Å². The van der Waals surface area contributed by atoms with E-state index in [1.165, 1.54) is 0 Å². The van der Waals surface area contributed by atoms with Crippen LogP contribution >= 0.6 is 0 Å². The van der Waals surface area contributed by atoms with Crippen LogP contribution in [-0.4, -0.2) is 38.0 Å². The Balaban J connectivity index is 2.90. The molecule has 0 aromatic heterocycles. The summed E-state index contributed by atoms with van der Waals surface area (Å²) < 4.78 is 5.11. The molecule has 0 heterocycles. The predicted octanol–water partition coefficient (Wildman–Crippen LogP) is 0.774. The first-order valence-electron chi connectivity index (χ1n) is 4.65. The molecule has 1 unspecified atom stereocenters. The van der Waals surface area contributed by atoms with Crippen LogP contribution in [0, 0.1) is 0 Å². The molecule has 0 spiro atoms. The molecule has 12 heavy (non-hydrogen) atoms. The minimum atomic E-state index is 0.279. The first kappa shape index (κ1) is 11.9. The van der Waals surface area contributed by atoms with E-state index in [-0.39, 0.29) is 6.61 Å². The number of aliphatic hydroxyl groups excluding tert-OH is 1. The monoisotopic (exact) mass is 175 g/mol. The fourth-order valence-corrected chi connectivity index (χ4v) is 0.961. The van der Waals surface area contributed by atoms with Crippen molar-refractivity contribution in [1.82, 2.24) is 5.32 Å². The Bertz CT molecular complexity index is 88.6. The van der Waals surface area contributed by atoms with E-state index in [0.717, 1.165) is 32.4 Å². The van der Waals surface area contributed by atoms with Gasteiger partial charge in [-0.25, -0.2) is 0 Å². The number of aliphatic hydroxyl groups is 1. The smallest absolute Gasteiger partial charge is 0.0543 e. The van der Waals surface area contributed by atoms with E-state index in [1.807, 2.05) is 0 Å². The summed E-state index contributed by atoms with van der Waals surface area (Å²) in [5.41, 5.74) is 0. The maximum absolute atomic E-state index is 8.49. The molecule has 0 amide bonds. The van der Waals surface area contributed by atoms with Crippen molar-refractivity contribution in [3.63, 3.8) is 0 Å². The first-order valence-corrected chi connectivity index (χ1v) is 4.65. The highest BCUT2D eigenvalue weighted by molar-refractivity contribution is 4.52. The van der Waals surface area contributed by atoms with Crippen LogP contribution in [0.4, 0.5) is 0 Å². The molecule has 0 bridgehead atoms. The summed E-state index contributed by atoms with van der Waals surface area (Å²) in [7, 11) is 1.74. The van der Waals surface area contributed by atoms with E-state index in [4.69, 9.17) is 9.84 Å². The average Bonchev–Trinajstić information content (AvgIpc) is 2.10. The van der Waals surface area contributed by atoms with Crippen LogP contribution < -0.4 is 5.32 Å². The summed E-state index contributed by atoms with van der Waals surface area (Å²) in [6.07, 6.45) is 3.45. The Labute approximate surface area is 75.1 Å². The molecular formula is C9H21NO2. The zero-order valence-electron chi connectivity index (χ0n) is 8.18. The molecular weight excluding hydrogens is 154 g/mol. The molecule has 0 saturated heterocycles. The molecule has 0 aromatic carbocycles. The van der Waals surface area contributed by atoms with Crippen LogP contribution in [0.2, 0.25) is 0 Å². The first-order chi connectivity index (χ1) is 5.81. The Kier molecular flexibility index (Phi) is 8.88. The second-order valence-corrected chi connectivity index (χ2v) is 3.02. The number of hydrogen-bond acceptors (Lipinski definition) is 3. The van der Waals surface area contributed by atoms with Crippen molar-refractivity contribution >= 4 is 0 Å². The quantitative estimate of drug-likeness (QED) is 0.535. The minimum absolute atomic E-state index is 0.279. The van der Waals surface area contributed by atoms with Crippen molar-refractivity contribution in [2.45, 2.75) is 32.3 Å². The fraction of sp³-hybridized carbons (Fsp3) is 1.00. The number of rotatable bonds is 8. The molecule has 0 radical (unpaired) electrons. The van der Waals surface area contributed by atoms with Gasteiger partial charge in [-0.1, -0.05) is 0 Å². The van der Waals surface area contributed by atoms with Gasteiger partial charge < -0.3 is 15.2 Å². The fourth-order valence-electron chi connectivity index (χ4n) is 0.961. The van der Waals surface area contributed by atoms with E-state index in [0.29, 0.717) is 6.10 Å². The zero-order chi connectivity index (χ0) is 9.23. The highest BCUT2D eigenvalue weighted by Gasteiger charge is 1.97. The van der Waals surface area contributed by atoms with Crippen molar-refractivity contribution in [1.29, 1.82) is 0 Å². The Hall–Kier alpha value is -0.120. The molecule has 0 aliphatic carbocycles. The number of ether oxygens (including phenoxy) is 1. The van der Waals surface area contributed by atoms with Crippen molar-refractivity contribution in [3.05, 3.63) is 0 Å². The van der Waals surface area contributed by atoms with Gasteiger partial charge in [-0.3, -0.25) is 0 Å². The lowest BCUT2D eigenvalue weighted by Gasteiger charge is -2.08. The van der Waals surface area contributed by atoms with Gasteiger partial charge in [-0.05, 0) is 39.3 Å². The molecule has 0 aliphatic heterocycles. The second kappa shape index (κ2) is 8.97. The van der Waals surface area contributed by atoms with Gasteiger partial charge in [-0.2, -0.15) is 0 Å². The molecule has 3 nitrogen and oxygen atoms in total. The van der Waals surface area contributed by atoms with Crippen LogP contribution in [0.15, 0.2) is 0 Å². The Morgan fingerprint density at radius 2 is 2.00 bits per heavy atom. The normalized spacial score (nSPS) is 13.2. The molecule has 0 rings (SSSR count). The topological polar surface area (TPSA) is 41.5 Å². The summed E-state index contributed by atoms with van der Waals surface area (Å²) in [6.45, 7) is 4.29. The summed E-state index contributed by atoms with van der Waals surface area (Å²) in [5.74, 6) is 0. The lowest BCUT2D eigenvalue weighted by molar-refractivity contribution is 0.109. The van der Waals surface area contributed by atoms with E-state index < -0.39 is 0 Å². The summed E-state index contributed by atoms with van der Waals surface area (Å²) in [6, 6.07) is 0. The van der Waals surface area contributed by atoms with Crippen LogP contribution in [0.5, 0.6) is 0 Å². The SMILES string of the molecule is COC(C)CCCNCCCO. The van der Waals surface area contributed by atoms with E-state index in [1.54, 1.807) is 7.11 Å². The van der Waals surface area contributed by atoms with E-state index in [2.05, 4.69) is 12.2 Å². The summed E-state index contributed by atoms with van der Waals surface area (Å²) in [5, 5.41) is 11.7. The van der Waals surface area contributed by atoms with Gasteiger partial charge in [0.05, 0.1) is 6.10 Å². The molecule has 1 atom stereocenters. The standard InChI is InChI=1S/C9H21NO2/c1-9(12-2)5-3-6-10-7-4-8-11/h9-11H,3-8H2,1-2H3. The Morgan fingerprint density at radius 3 is 2.58 bits per heavy atom. The van der Waals surface area contributed by atoms with Gasteiger partial charge in [0.15, 0.2) is 0 Å². The largest absolute Gasteiger partial charge is 0.396 e. The molecule has 74 valence electrons. The van der Waals surface area contributed by atoms with Crippen LogP contribution in [-0.2, 0) is 4.74 Å². The molecule has 0 aliphatic rings. The van der Waals surface area contributed by atoms with Crippen LogP contribution in [0.3, 0.4) is 0 Å². The molecule has 0 aromatic rings. The third kappa shape index (κ3) is 7.98. The Morgan fingerprint density at radius 1 is 1.33 bits per heavy atom. The summed E-state index contributed by atoms with van der Waals surface area (Å²) in [4.78, 5) is 0. The minimum Gasteiger partial charge on any atom is -0.396 e. The predicted molar refractivity (Wildman–Crippen MR) is 50.3 cm³/mol. The third-order valence-electron chi connectivity index (χ3n) is 1.88. The molecule has 3 heteroatoms. The van der Waals surface area contributed by atoms with Crippen molar-refractivity contribution in [3.8, 4) is 0 Å². The zero-order valence-corrected chi connectivity index (χ0v) is 8.18. The number of hydrogen-bond donors (Lipinski definition) is 2. The third-order valence-corrected chi connectivity index (χ3v) is 1.88. The van der Waals surface area contributed by atoms with Crippen LogP contribution in [0.25, 0.3) is 0 Å². The van der Waals surface area contributed by atoms with Gasteiger partial charge in [-0.15, -0.1) is 0 Å². The number of methoxy groups -OCH3 is 1. The molecule has 0 fully saturated rings. The van der Waals surface area contributed by atoms with Crippen molar-refractivity contribution in [2.75, 3.05) is 26.8 Å². The van der Waals surface area contributed by atoms with E-state index >= 15 is 0 Å². The highest BCUT2D eigenvalue weighted by Crippen LogP contribution is 1.97. The maximum atomic E-state index is 8.49.